The van der Waals surface area contributed by atoms with Crippen LogP contribution in [0.5, 0.6) is 0 Å². The Morgan fingerprint density at radius 3 is 2.05 bits per heavy atom. The fourth-order valence-electron chi connectivity index (χ4n) is 1.52. The van der Waals surface area contributed by atoms with Gasteiger partial charge >= 0.3 is 0 Å². The lowest BCUT2D eigenvalue weighted by Gasteiger charge is -2.13. The number of halogens is 5. The van der Waals surface area contributed by atoms with E-state index in [9.17, 15) is 8.42 Å². The summed E-state index contributed by atoms with van der Waals surface area (Å²) in [5, 5.41) is 0.548. The number of benzene rings is 2. The van der Waals surface area contributed by atoms with E-state index in [0.29, 0.717) is 9.50 Å². The van der Waals surface area contributed by atoms with Gasteiger partial charge in [-0.3, -0.25) is 4.72 Å². The molecular formula is C12H6Br2Cl3NO2S. The third kappa shape index (κ3) is 4.06. The third-order valence-corrected chi connectivity index (χ3v) is 6.06. The SMILES string of the molecule is O=S(=O)(Nc1c(Cl)cc(Cl)cc1Cl)c1ccc(Br)cc1Br. The van der Waals surface area contributed by atoms with Crippen molar-refractivity contribution in [2.75, 3.05) is 4.72 Å². The van der Waals surface area contributed by atoms with E-state index < -0.39 is 10.0 Å². The van der Waals surface area contributed by atoms with Gasteiger partial charge in [0.15, 0.2) is 0 Å². The van der Waals surface area contributed by atoms with Crippen LogP contribution in [0.25, 0.3) is 0 Å². The topological polar surface area (TPSA) is 46.2 Å². The average Bonchev–Trinajstić information content (AvgIpc) is 2.33. The molecule has 0 saturated carbocycles. The largest absolute Gasteiger partial charge is 0.277 e. The van der Waals surface area contributed by atoms with Gasteiger partial charge in [-0.1, -0.05) is 50.7 Å². The van der Waals surface area contributed by atoms with E-state index in [1.54, 1.807) is 12.1 Å². The van der Waals surface area contributed by atoms with Gasteiger partial charge < -0.3 is 0 Å². The first kappa shape index (κ1) is 17.4. The predicted molar refractivity (Wildman–Crippen MR) is 94.1 cm³/mol. The normalized spacial score (nSPS) is 11.5. The second-order valence-electron chi connectivity index (χ2n) is 3.92. The lowest BCUT2D eigenvalue weighted by molar-refractivity contribution is 0.600. The minimum absolute atomic E-state index is 0.0628. The molecule has 0 aliphatic heterocycles. The van der Waals surface area contributed by atoms with E-state index >= 15 is 0 Å². The molecule has 3 nitrogen and oxygen atoms in total. The maximum Gasteiger partial charge on any atom is 0.263 e. The van der Waals surface area contributed by atoms with Crippen molar-refractivity contribution in [3.05, 3.63) is 54.3 Å². The fourth-order valence-corrected chi connectivity index (χ4v) is 5.39. The highest BCUT2D eigenvalue weighted by Crippen LogP contribution is 2.36. The molecule has 112 valence electrons. The van der Waals surface area contributed by atoms with Crippen LogP contribution in [0.1, 0.15) is 0 Å². The monoisotopic (exact) mass is 491 g/mol. The second-order valence-corrected chi connectivity index (χ2v) is 8.60. The molecule has 0 bridgehead atoms. The first-order chi connectivity index (χ1) is 9.70. The van der Waals surface area contributed by atoms with Gasteiger partial charge in [-0.2, -0.15) is 0 Å². The predicted octanol–water partition coefficient (Wildman–Crippen LogP) is 5.97. The van der Waals surface area contributed by atoms with Gasteiger partial charge in [-0.25, -0.2) is 8.42 Å². The Labute approximate surface area is 153 Å². The van der Waals surface area contributed by atoms with Crippen molar-refractivity contribution >= 4 is 82.4 Å². The number of hydrogen-bond donors (Lipinski definition) is 1. The van der Waals surface area contributed by atoms with Gasteiger partial charge in [-0.05, 0) is 46.3 Å². The molecule has 0 saturated heterocycles. The van der Waals surface area contributed by atoms with Crippen molar-refractivity contribution in [1.29, 1.82) is 0 Å². The van der Waals surface area contributed by atoms with Crippen LogP contribution in [0, 0.1) is 0 Å². The minimum atomic E-state index is -3.85. The zero-order valence-corrected chi connectivity index (χ0v) is 16.3. The van der Waals surface area contributed by atoms with E-state index in [4.69, 9.17) is 34.8 Å². The molecule has 0 aliphatic carbocycles. The summed E-state index contributed by atoms with van der Waals surface area (Å²) < 4.78 is 28.3. The highest BCUT2D eigenvalue weighted by Gasteiger charge is 2.21. The highest BCUT2D eigenvalue weighted by atomic mass is 79.9. The summed E-state index contributed by atoms with van der Waals surface area (Å²) in [5.74, 6) is 0. The van der Waals surface area contributed by atoms with Crippen molar-refractivity contribution in [3.63, 3.8) is 0 Å². The number of anilines is 1. The fraction of sp³-hybridized carbons (Fsp3) is 0. The molecule has 21 heavy (non-hydrogen) atoms. The van der Waals surface area contributed by atoms with E-state index in [0.717, 1.165) is 4.47 Å². The Balaban J connectivity index is 2.47. The van der Waals surface area contributed by atoms with Gasteiger partial charge in [0, 0.05) is 14.0 Å². The number of rotatable bonds is 3. The first-order valence-corrected chi connectivity index (χ1v) is 9.53. The molecule has 0 unspecified atom stereocenters. The van der Waals surface area contributed by atoms with Crippen LogP contribution < -0.4 is 4.72 Å². The number of nitrogens with one attached hydrogen (secondary N) is 1. The molecule has 0 aliphatic rings. The van der Waals surface area contributed by atoms with Crippen LogP contribution >= 0.6 is 66.7 Å². The summed E-state index contributed by atoms with van der Waals surface area (Å²) in [6.45, 7) is 0. The van der Waals surface area contributed by atoms with Crippen molar-refractivity contribution < 1.29 is 8.42 Å². The molecule has 0 fully saturated rings. The summed E-state index contributed by atoms with van der Waals surface area (Å²) in [6, 6.07) is 7.51. The minimum Gasteiger partial charge on any atom is -0.277 e. The summed E-state index contributed by atoms with van der Waals surface area (Å²) >= 11 is 24.2. The van der Waals surface area contributed by atoms with Gasteiger partial charge in [0.1, 0.15) is 4.90 Å². The van der Waals surface area contributed by atoms with Crippen LogP contribution in [-0.2, 0) is 10.0 Å². The summed E-state index contributed by atoms with van der Waals surface area (Å²) in [7, 11) is -3.85. The van der Waals surface area contributed by atoms with E-state index in [1.165, 1.54) is 18.2 Å². The van der Waals surface area contributed by atoms with Crippen molar-refractivity contribution in [3.8, 4) is 0 Å². The maximum absolute atomic E-state index is 12.4. The maximum atomic E-state index is 12.4. The zero-order valence-electron chi connectivity index (χ0n) is 10.0. The van der Waals surface area contributed by atoms with Crippen LogP contribution in [-0.4, -0.2) is 8.42 Å². The van der Waals surface area contributed by atoms with Crippen LogP contribution in [0.3, 0.4) is 0 Å². The molecule has 2 rings (SSSR count). The molecule has 2 aromatic rings. The first-order valence-electron chi connectivity index (χ1n) is 5.33. The van der Waals surface area contributed by atoms with Gasteiger partial charge in [-0.15, -0.1) is 0 Å². The van der Waals surface area contributed by atoms with Crippen molar-refractivity contribution in [2.24, 2.45) is 0 Å². The van der Waals surface area contributed by atoms with E-state index in [1.807, 2.05) is 0 Å². The van der Waals surface area contributed by atoms with E-state index in [-0.39, 0.29) is 20.6 Å². The van der Waals surface area contributed by atoms with E-state index in [2.05, 4.69) is 36.6 Å². The lowest BCUT2D eigenvalue weighted by Crippen LogP contribution is -2.14. The quantitative estimate of drug-likeness (QED) is 0.572. The molecular weight excluding hydrogens is 488 g/mol. The Bertz CT molecular complexity index is 789. The van der Waals surface area contributed by atoms with Gasteiger partial charge in [0.05, 0.1) is 15.7 Å². The Morgan fingerprint density at radius 2 is 1.52 bits per heavy atom. The van der Waals surface area contributed by atoms with Crippen LogP contribution in [0.2, 0.25) is 15.1 Å². The summed E-state index contributed by atoms with van der Waals surface area (Å²) in [5.41, 5.74) is 0.0811. The average molecular weight is 494 g/mol. The van der Waals surface area contributed by atoms with Gasteiger partial charge in [0.2, 0.25) is 0 Å². The van der Waals surface area contributed by atoms with Crippen molar-refractivity contribution in [2.45, 2.75) is 4.90 Å². The van der Waals surface area contributed by atoms with Crippen molar-refractivity contribution in [1.82, 2.24) is 0 Å². The van der Waals surface area contributed by atoms with Crippen LogP contribution in [0.4, 0.5) is 5.69 Å². The molecule has 2 aromatic carbocycles. The standard InChI is InChI=1S/C12H6Br2Cl3NO2S/c13-6-1-2-11(8(14)3-6)21(19,20)18-12-9(16)4-7(15)5-10(12)17/h1-5,18H. The Morgan fingerprint density at radius 1 is 0.952 bits per heavy atom. The molecule has 9 heteroatoms. The molecule has 1 N–H and O–H groups in total. The molecule has 0 amide bonds. The molecule has 0 aromatic heterocycles. The smallest absolute Gasteiger partial charge is 0.263 e. The van der Waals surface area contributed by atoms with Crippen LogP contribution in [0.15, 0.2) is 44.2 Å². The Hall–Kier alpha value is 0.0200. The second kappa shape index (κ2) is 6.64. The third-order valence-electron chi connectivity index (χ3n) is 2.43. The number of hydrogen-bond acceptors (Lipinski definition) is 2. The lowest BCUT2D eigenvalue weighted by atomic mass is 10.3. The molecule has 0 heterocycles. The molecule has 0 atom stereocenters. The summed E-state index contributed by atoms with van der Waals surface area (Å²) in [6.07, 6.45) is 0. The number of sulfonamides is 1. The summed E-state index contributed by atoms with van der Waals surface area (Å²) in [4.78, 5) is 0.0628. The van der Waals surface area contributed by atoms with Gasteiger partial charge in [0.25, 0.3) is 10.0 Å². The molecule has 0 radical (unpaired) electrons. The molecule has 0 spiro atoms. The zero-order chi connectivity index (χ0) is 15.8. The highest BCUT2D eigenvalue weighted by molar-refractivity contribution is 9.11. The Kier molecular flexibility index (Phi) is 5.50.